The molecule has 1 amide bonds. The van der Waals surface area contributed by atoms with Crippen LogP contribution in [0, 0.1) is 0 Å². The van der Waals surface area contributed by atoms with E-state index in [0.717, 1.165) is 47.3 Å². The minimum atomic E-state index is -0.589. The molecule has 1 aromatic heterocycles. The lowest BCUT2D eigenvalue weighted by molar-refractivity contribution is -0.122. The number of fused-ring (bicyclic) bond motifs is 1. The molecule has 2 heterocycles. The molecule has 6 nitrogen and oxygen atoms in total. The number of nitrogens with zero attached hydrogens (tertiary/aromatic N) is 2. The Labute approximate surface area is 161 Å². The second-order valence-electron chi connectivity index (χ2n) is 6.34. The lowest BCUT2D eigenvalue weighted by Crippen LogP contribution is -2.36. The van der Waals surface area contributed by atoms with Crippen LogP contribution in [0.25, 0.3) is 10.2 Å². The van der Waals surface area contributed by atoms with Gasteiger partial charge in [0.25, 0.3) is 5.91 Å². The summed E-state index contributed by atoms with van der Waals surface area (Å²) in [5.41, 5.74) is 1.68. The van der Waals surface area contributed by atoms with Crippen molar-refractivity contribution in [1.82, 2.24) is 4.98 Å². The Balaban J connectivity index is 1.44. The van der Waals surface area contributed by atoms with Crippen LogP contribution >= 0.6 is 11.3 Å². The van der Waals surface area contributed by atoms with Gasteiger partial charge in [-0.1, -0.05) is 29.5 Å². The van der Waals surface area contributed by atoms with Crippen molar-refractivity contribution in [3.8, 4) is 5.75 Å². The summed E-state index contributed by atoms with van der Waals surface area (Å²) in [5, 5.41) is 3.92. The fourth-order valence-corrected chi connectivity index (χ4v) is 3.94. The number of aromatic nitrogens is 1. The molecule has 7 heteroatoms. The Bertz CT molecular complexity index is 923. The fraction of sp³-hybridized carbons (Fsp3) is 0.300. The number of benzene rings is 2. The van der Waals surface area contributed by atoms with Crippen molar-refractivity contribution in [1.29, 1.82) is 0 Å². The van der Waals surface area contributed by atoms with Gasteiger partial charge in [0.2, 0.25) is 0 Å². The first-order valence-corrected chi connectivity index (χ1v) is 9.76. The molecule has 0 bridgehead atoms. The molecule has 1 fully saturated rings. The van der Waals surface area contributed by atoms with Gasteiger partial charge in [0.05, 0.1) is 23.4 Å². The molecule has 3 aromatic rings. The number of carbonyl (C=O) groups excluding carboxylic acids is 1. The number of para-hydroxylation sites is 1. The predicted octanol–water partition coefficient (Wildman–Crippen LogP) is 3.54. The Kier molecular flexibility index (Phi) is 5.22. The van der Waals surface area contributed by atoms with Crippen LogP contribution in [0.15, 0.2) is 48.5 Å². The Morgan fingerprint density at radius 3 is 2.78 bits per heavy atom. The SMILES string of the molecule is C[C@@H](Oc1ccccc1)C(=O)Nc1ccc2nc(N3CCOCC3)sc2c1. The van der Waals surface area contributed by atoms with Crippen molar-refractivity contribution in [3.05, 3.63) is 48.5 Å². The van der Waals surface area contributed by atoms with Crippen molar-refractivity contribution >= 4 is 38.3 Å². The third-order valence-electron chi connectivity index (χ3n) is 4.35. The minimum absolute atomic E-state index is 0.184. The van der Waals surface area contributed by atoms with Crippen LogP contribution in [0.5, 0.6) is 5.75 Å². The number of hydrogen-bond donors (Lipinski definition) is 1. The highest BCUT2D eigenvalue weighted by molar-refractivity contribution is 7.22. The first-order valence-electron chi connectivity index (χ1n) is 8.95. The van der Waals surface area contributed by atoms with Crippen LogP contribution in [-0.4, -0.2) is 43.3 Å². The van der Waals surface area contributed by atoms with E-state index in [1.807, 2.05) is 48.5 Å². The number of rotatable bonds is 5. The van der Waals surface area contributed by atoms with E-state index < -0.39 is 6.10 Å². The van der Waals surface area contributed by atoms with E-state index in [9.17, 15) is 4.79 Å². The predicted molar refractivity (Wildman–Crippen MR) is 108 cm³/mol. The van der Waals surface area contributed by atoms with E-state index in [2.05, 4.69) is 10.2 Å². The Morgan fingerprint density at radius 1 is 1.22 bits per heavy atom. The molecule has 0 aliphatic carbocycles. The number of anilines is 2. The van der Waals surface area contributed by atoms with Gasteiger partial charge in [-0.25, -0.2) is 4.98 Å². The normalized spacial score (nSPS) is 15.5. The Hall–Kier alpha value is -2.64. The lowest BCUT2D eigenvalue weighted by Gasteiger charge is -2.25. The number of carbonyl (C=O) groups is 1. The van der Waals surface area contributed by atoms with Crippen molar-refractivity contribution in [3.63, 3.8) is 0 Å². The monoisotopic (exact) mass is 383 g/mol. The van der Waals surface area contributed by atoms with Crippen molar-refractivity contribution in [2.45, 2.75) is 13.0 Å². The van der Waals surface area contributed by atoms with Gasteiger partial charge in [-0.2, -0.15) is 0 Å². The van der Waals surface area contributed by atoms with Gasteiger partial charge in [0, 0.05) is 18.8 Å². The number of hydrogen-bond acceptors (Lipinski definition) is 6. The second kappa shape index (κ2) is 7.94. The quantitative estimate of drug-likeness (QED) is 0.730. The molecule has 4 rings (SSSR count). The molecule has 1 N–H and O–H groups in total. The molecular weight excluding hydrogens is 362 g/mol. The average Bonchev–Trinajstić information content (AvgIpc) is 3.13. The van der Waals surface area contributed by atoms with Gasteiger partial charge in [-0.15, -0.1) is 0 Å². The molecular formula is C20H21N3O3S. The van der Waals surface area contributed by atoms with Crippen LogP contribution in [0.3, 0.4) is 0 Å². The molecule has 0 radical (unpaired) electrons. The number of thiazole rings is 1. The van der Waals surface area contributed by atoms with Crippen LogP contribution in [0.4, 0.5) is 10.8 Å². The molecule has 0 saturated carbocycles. The summed E-state index contributed by atoms with van der Waals surface area (Å²) >= 11 is 1.63. The Morgan fingerprint density at radius 2 is 2.00 bits per heavy atom. The van der Waals surface area contributed by atoms with Crippen molar-refractivity contribution in [2.24, 2.45) is 0 Å². The summed E-state index contributed by atoms with van der Waals surface area (Å²) in [6, 6.07) is 15.1. The zero-order valence-electron chi connectivity index (χ0n) is 15.1. The molecule has 1 aliphatic rings. The summed E-state index contributed by atoms with van der Waals surface area (Å²) in [5.74, 6) is 0.490. The molecule has 27 heavy (non-hydrogen) atoms. The van der Waals surface area contributed by atoms with E-state index in [4.69, 9.17) is 14.5 Å². The van der Waals surface area contributed by atoms with Gasteiger partial charge >= 0.3 is 0 Å². The molecule has 1 atom stereocenters. The summed E-state index contributed by atoms with van der Waals surface area (Å²) in [7, 11) is 0. The second-order valence-corrected chi connectivity index (χ2v) is 7.35. The van der Waals surface area contributed by atoms with Crippen molar-refractivity contribution in [2.75, 3.05) is 36.5 Å². The van der Waals surface area contributed by atoms with Gasteiger partial charge in [0.1, 0.15) is 5.75 Å². The fourth-order valence-electron chi connectivity index (χ4n) is 2.88. The van der Waals surface area contributed by atoms with Gasteiger partial charge in [-0.05, 0) is 37.3 Å². The zero-order chi connectivity index (χ0) is 18.6. The molecule has 140 valence electrons. The summed E-state index contributed by atoms with van der Waals surface area (Å²) in [6.07, 6.45) is -0.589. The summed E-state index contributed by atoms with van der Waals surface area (Å²) < 4.78 is 12.1. The van der Waals surface area contributed by atoms with Crippen LogP contribution in [0.2, 0.25) is 0 Å². The van der Waals surface area contributed by atoms with Gasteiger partial charge in [0.15, 0.2) is 11.2 Å². The minimum Gasteiger partial charge on any atom is -0.481 e. The van der Waals surface area contributed by atoms with Crippen LogP contribution in [-0.2, 0) is 9.53 Å². The standard InChI is InChI=1S/C20H21N3O3S/c1-14(26-16-5-3-2-4-6-16)19(24)21-15-7-8-17-18(13-15)27-20(22-17)23-9-11-25-12-10-23/h2-8,13-14H,9-12H2,1H3,(H,21,24)/t14-/m1/s1. The third-order valence-corrected chi connectivity index (χ3v) is 5.43. The highest BCUT2D eigenvalue weighted by Crippen LogP contribution is 2.31. The maximum Gasteiger partial charge on any atom is 0.265 e. The zero-order valence-corrected chi connectivity index (χ0v) is 15.9. The van der Waals surface area contributed by atoms with Crippen molar-refractivity contribution < 1.29 is 14.3 Å². The maximum absolute atomic E-state index is 12.4. The molecule has 1 aliphatic heterocycles. The lowest BCUT2D eigenvalue weighted by atomic mass is 10.2. The van der Waals surface area contributed by atoms with Gasteiger partial charge < -0.3 is 19.7 Å². The number of nitrogens with one attached hydrogen (secondary N) is 1. The third kappa shape index (κ3) is 4.20. The highest BCUT2D eigenvalue weighted by atomic mass is 32.1. The smallest absolute Gasteiger partial charge is 0.265 e. The molecule has 0 spiro atoms. The number of ether oxygens (including phenoxy) is 2. The van der Waals surface area contributed by atoms with Crippen LogP contribution in [0.1, 0.15) is 6.92 Å². The van der Waals surface area contributed by atoms with Crippen LogP contribution < -0.4 is 15.0 Å². The highest BCUT2D eigenvalue weighted by Gasteiger charge is 2.17. The average molecular weight is 383 g/mol. The first kappa shape index (κ1) is 17.8. The topological polar surface area (TPSA) is 63.7 Å². The number of amides is 1. The summed E-state index contributed by atoms with van der Waals surface area (Å²) in [6.45, 7) is 4.92. The maximum atomic E-state index is 12.4. The van der Waals surface area contributed by atoms with E-state index in [1.54, 1.807) is 18.3 Å². The van der Waals surface area contributed by atoms with E-state index in [1.165, 1.54) is 0 Å². The molecule has 2 aromatic carbocycles. The van der Waals surface area contributed by atoms with E-state index in [0.29, 0.717) is 5.75 Å². The molecule has 0 unspecified atom stereocenters. The van der Waals surface area contributed by atoms with E-state index >= 15 is 0 Å². The van der Waals surface area contributed by atoms with E-state index in [-0.39, 0.29) is 5.91 Å². The van der Waals surface area contributed by atoms with Gasteiger partial charge in [-0.3, -0.25) is 4.79 Å². The largest absolute Gasteiger partial charge is 0.481 e. The first-order chi connectivity index (χ1) is 13.2. The number of morpholine rings is 1. The molecule has 1 saturated heterocycles. The summed E-state index contributed by atoms with van der Waals surface area (Å²) in [4.78, 5) is 19.4.